The van der Waals surface area contributed by atoms with E-state index in [1.54, 1.807) is 12.1 Å². The van der Waals surface area contributed by atoms with Gasteiger partial charge in [-0.05, 0) is 30.5 Å². The summed E-state index contributed by atoms with van der Waals surface area (Å²) in [5.41, 5.74) is 0.948. The minimum absolute atomic E-state index is 0.114. The fourth-order valence-electron chi connectivity index (χ4n) is 2.96. The van der Waals surface area contributed by atoms with E-state index < -0.39 is 5.97 Å². The first kappa shape index (κ1) is 13.5. The van der Waals surface area contributed by atoms with E-state index in [4.69, 9.17) is 5.11 Å². The van der Waals surface area contributed by atoms with Crippen molar-refractivity contribution in [3.05, 3.63) is 47.5 Å². The van der Waals surface area contributed by atoms with E-state index >= 15 is 0 Å². The number of carboxylic acid groups (broad SMARTS) is 1. The highest BCUT2D eigenvalue weighted by molar-refractivity contribution is 6.05. The van der Waals surface area contributed by atoms with Crippen LogP contribution in [0.4, 0.5) is 0 Å². The molecule has 1 fully saturated rings. The van der Waals surface area contributed by atoms with E-state index in [1.807, 2.05) is 12.2 Å². The molecular formula is C16H15NO4. The Morgan fingerprint density at radius 1 is 1.05 bits per heavy atom. The lowest BCUT2D eigenvalue weighted by molar-refractivity contribution is -0.140. The van der Waals surface area contributed by atoms with Gasteiger partial charge in [-0.1, -0.05) is 24.3 Å². The molecule has 0 spiro atoms. The van der Waals surface area contributed by atoms with Crippen molar-refractivity contribution in [3.63, 3.8) is 0 Å². The van der Waals surface area contributed by atoms with Crippen molar-refractivity contribution in [2.45, 2.75) is 19.4 Å². The topological polar surface area (TPSA) is 74.7 Å². The number of rotatable bonds is 3. The highest BCUT2D eigenvalue weighted by Crippen LogP contribution is 2.35. The Kier molecular flexibility index (Phi) is 3.33. The van der Waals surface area contributed by atoms with Crippen LogP contribution in [0.5, 0.6) is 0 Å². The first-order valence-corrected chi connectivity index (χ1v) is 6.90. The zero-order chi connectivity index (χ0) is 15.0. The van der Waals surface area contributed by atoms with Crippen molar-refractivity contribution in [3.8, 4) is 0 Å². The Morgan fingerprint density at radius 3 is 2.05 bits per heavy atom. The molecule has 1 heterocycles. The summed E-state index contributed by atoms with van der Waals surface area (Å²) < 4.78 is 0. The minimum Gasteiger partial charge on any atom is -0.478 e. The molecule has 2 atom stereocenters. The number of benzene rings is 1. The van der Waals surface area contributed by atoms with Crippen molar-refractivity contribution in [2.24, 2.45) is 11.8 Å². The van der Waals surface area contributed by atoms with Gasteiger partial charge in [0, 0.05) is 0 Å². The molecule has 108 valence electrons. The average molecular weight is 285 g/mol. The van der Waals surface area contributed by atoms with Crippen LogP contribution >= 0.6 is 0 Å². The van der Waals surface area contributed by atoms with Gasteiger partial charge < -0.3 is 5.11 Å². The molecule has 1 aliphatic heterocycles. The molecule has 3 rings (SSSR count). The van der Waals surface area contributed by atoms with Crippen molar-refractivity contribution in [2.75, 3.05) is 0 Å². The quantitative estimate of drug-likeness (QED) is 0.679. The second kappa shape index (κ2) is 5.16. The number of likely N-dealkylation sites (tertiary alicyclic amines) is 1. The summed E-state index contributed by atoms with van der Waals surface area (Å²) in [5.74, 6) is -1.66. The Hall–Kier alpha value is -2.43. The summed E-state index contributed by atoms with van der Waals surface area (Å²) in [6.45, 7) is 0.213. The van der Waals surface area contributed by atoms with Crippen LogP contribution in [0.3, 0.4) is 0 Å². The molecule has 1 aromatic rings. The van der Waals surface area contributed by atoms with Crippen LogP contribution in [0.2, 0.25) is 0 Å². The number of hydrogen-bond acceptors (Lipinski definition) is 3. The minimum atomic E-state index is -0.994. The predicted octanol–water partition coefficient (Wildman–Crippen LogP) is 1.84. The Labute approximate surface area is 121 Å². The van der Waals surface area contributed by atoms with Crippen LogP contribution in [0, 0.1) is 11.8 Å². The molecule has 1 saturated heterocycles. The summed E-state index contributed by atoms with van der Waals surface area (Å²) in [6.07, 6.45) is 5.17. The molecule has 2 unspecified atom stereocenters. The number of fused-ring (bicyclic) bond motifs is 1. The van der Waals surface area contributed by atoms with Crippen molar-refractivity contribution < 1.29 is 19.5 Å². The third-order valence-corrected chi connectivity index (χ3v) is 4.14. The number of imide groups is 1. The van der Waals surface area contributed by atoms with Gasteiger partial charge in [-0.25, -0.2) is 4.79 Å². The monoisotopic (exact) mass is 285 g/mol. The van der Waals surface area contributed by atoms with Crippen LogP contribution in [-0.4, -0.2) is 27.8 Å². The molecular weight excluding hydrogens is 270 g/mol. The third kappa shape index (κ3) is 2.35. The van der Waals surface area contributed by atoms with Crippen LogP contribution in [0.25, 0.3) is 0 Å². The second-order valence-electron chi connectivity index (χ2n) is 5.42. The maximum Gasteiger partial charge on any atom is 0.335 e. The number of amides is 2. The molecule has 0 saturated carbocycles. The first-order chi connectivity index (χ1) is 10.1. The Bertz CT molecular complexity index is 606. The van der Waals surface area contributed by atoms with Crippen LogP contribution in [0.15, 0.2) is 36.4 Å². The molecule has 1 N–H and O–H groups in total. The van der Waals surface area contributed by atoms with Gasteiger partial charge in [0.25, 0.3) is 0 Å². The van der Waals surface area contributed by atoms with Gasteiger partial charge in [0.1, 0.15) is 0 Å². The van der Waals surface area contributed by atoms with Crippen molar-refractivity contribution in [1.82, 2.24) is 4.90 Å². The molecule has 0 radical (unpaired) electrons. The van der Waals surface area contributed by atoms with Gasteiger partial charge in [0.15, 0.2) is 0 Å². The second-order valence-corrected chi connectivity index (χ2v) is 5.42. The average Bonchev–Trinajstić information content (AvgIpc) is 2.73. The van der Waals surface area contributed by atoms with Gasteiger partial charge in [-0.2, -0.15) is 0 Å². The van der Waals surface area contributed by atoms with Crippen LogP contribution in [-0.2, 0) is 16.1 Å². The van der Waals surface area contributed by atoms with Gasteiger partial charge in [0.2, 0.25) is 11.8 Å². The van der Waals surface area contributed by atoms with E-state index in [1.165, 1.54) is 17.0 Å². The normalized spacial score (nSPS) is 24.3. The van der Waals surface area contributed by atoms with Gasteiger partial charge in [0.05, 0.1) is 23.9 Å². The molecule has 0 bridgehead atoms. The number of allylic oxidation sites excluding steroid dienone is 2. The molecule has 2 aliphatic rings. The van der Waals surface area contributed by atoms with Crippen molar-refractivity contribution >= 4 is 17.8 Å². The lowest BCUT2D eigenvalue weighted by Crippen LogP contribution is -2.30. The van der Waals surface area contributed by atoms with Gasteiger partial charge >= 0.3 is 5.97 Å². The molecule has 2 amide bonds. The lowest BCUT2D eigenvalue weighted by Gasteiger charge is -2.14. The van der Waals surface area contributed by atoms with Crippen LogP contribution < -0.4 is 0 Å². The fourth-order valence-corrected chi connectivity index (χ4v) is 2.96. The van der Waals surface area contributed by atoms with Gasteiger partial charge in [-0.3, -0.25) is 14.5 Å². The summed E-state index contributed by atoms with van der Waals surface area (Å²) >= 11 is 0. The molecule has 5 heteroatoms. The molecule has 5 nitrogen and oxygen atoms in total. The number of carbonyl (C=O) groups is 3. The maximum atomic E-state index is 12.3. The largest absolute Gasteiger partial charge is 0.478 e. The highest BCUT2D eigenvalue weighted by Gasteiger charge is 2.46. The zero-order valence-electron chi connectivity index (χ0n) is 11.4. The Morgan fingerprint density at radius 2 is 1.57 bits per heavy atom. The molecule has 1 aromatic carbocycles. The summed E-state index contributed by atoms with van der Waals surface area (Å²) in [4.78, 5) is 36.7. The highest BCUT2D eigenvalue weighted by atomic mass is 16.4. The number of aromatic carboxylic acids is 1. The number of nitrogens with zero attached hydrogens (tertiary/aromatic N) is 1. The van der Waals surface area contributed by atoms with Gasteiger partial charge in [-0.15, -0.1) is 0 Å². The molecule has 21 heavy (non-hydrogen) atoms. The van der Waals surface area contributed by atoms with E-state index in [0.717, 1.165) is 5.56 Å². The van der Waals surface area contributed by atoms with Crippen molar-refractivity contribution in [1.29, 1.82) is 0 Å². The fraction of sp³-hybridized carbons (Fsp3) is 0.312. The maximum absolute atomic E-state index is 12.3. The van der Waals surface area contributed by atoms with E-state index in [9.17, 15) is 14.4 Å². The lowest BCUT2D eigenvalue weighted by atomic mass is 9.85. The SMILES string of the molecule is O=C(O)c1ccc(CN2C(=O)C3CC=CCC3C2=O)cc1. The predicted molar refractivity (Wildman–Crippen MR) is 74.3 cm³/mol. The standard InChI is InChI=1S/C16H15NO4/c18-14-12-3-1-2-4-13(12)15(19)17(14)9-10-5-7-11(8-6-10)16(20)21/h1-2,5-8,12-13H,3-4,9H2,(H,20,21). The van der Waals surface area contributed by atoms with E-state index in [-0.39, 0.29) is 35.8 Å². The third-order valence-electron chi connectivity index (χ3n) is 4.14. The van der Waals surface area contributed by atoms with E-state index in [2.05, 4.69) is 0 Å². The first-order valence-electron chi connectivity index (χ1n) is 6.90. The molecule has 1 aliphatic carbocycles. The zero-order valence-corrected chi connectivity index (χ0v) is 11.4. The number of hydrogen-bond donors (Lipinski definition) is 1. The summed E-state index contributed by atoms with van der Waals surface area (Å²) in [7, 11) is 0. The summed E-state index contributed by atoms with van der Waals surface area (Å²) in [5, 5.41) is 8.86. The molecule has 0 aromatic heterocycles. The number of carbonyl (C=O) groups excluding carboxylic acids is 2. The summed E-state index contributed by atoms with van der Waals surface area (Å²) in [6, 6.07) is 6.25. The van der Waals surface area contributed by atoms with Crippen LogP contribution in [0.1, 0.15) is 28.8 Å². The number of carboxylic acids is 1. The smallest absolute Gasteiger partial charge is 0.335 e. The Balaban J connectivity index is 1.77. The van der Waals surface area contributed by atoms with E-state index in [0.29, 0.717) is 12.8 Å².